The van der Waals surface area contributed by atoms with Gasteiger partial charge >= 0.3 is 0 Å². The van der Waals surface area contributed by atoms with E-state index in [9.17, 15) is 8.78 Å². The van der Waals surface area contributed by atoms with Gasteiger partial charge in [-0.2, -0.15) is 0 Å². The predicted molar refractivity (Wildman–Crippen MR) is 79.6 cm³/mol. The average molecular weight is 291 g/mol. The highest BCUT2D eigenvalue weighted by Crippen LogP contribution is 2.29. The van der Waals surface area contributed by atoms with Crippen LogP contribution in [-0.4, -0.2) is 13.7 Å². The lowest BCUT2D eigenvalue weighted by Gasteiger charge is -2.20. The van der Waals surface area contributed by atoms with Gasteiger partial charge in [-0.3, -0.25) is 0 Å². The standard InChI is InChI=1S/C17H19F2NO/c1-4-20-17(14-8-7-13(18)10-15(14)19)12-6-5-11(2)16(9-12)21-3/h5-10,17,20H,4H2,1-3H3. The van der Waals surface area contributed by atoms with Crippen molar-refractivity contribution in [1.29, 1.82) is 0 Å². The molecule has 1 N–H and O–H groups in total. The molecule has 1 unspecified atom stereocenters. The molecule has 0 bridgehead atoms. The molecule has 0 fully saturated rings. The van der Waals surface area contributed by atoms with E-state index in [-0.39, 0.29) is 6.04 Å². The maximum absolute atomic E-state index is 14.1. The number of halogens is 2. The molecule has 0 aromatic heterocycles. The van der Waals surface area contributed by atoms with Crippen LogP contribution in [0.1, 0.15) is 29.7 Å². The molecule has 0 aliphatic carbocycles. The van der Waals surface area contributed by atoms with Gasteiger partial charge in [0.15, 0.2) is 0 Å². The normalized spacial score (nSPS) is 12.2. The first kappa shape index (κ1) is 15.4. The molecule has 0 amide bonds. The van der Waals surface area contributed by atoms with Crippen molar-refractivity contribution in [3.05, 3.63) is 64.7 Å². The molecular weight excluding hydrogens is 272 g/mol. The summed E-state index contributed by atoms with van der Waals surface area (Å²) >= 11 is 0. The number of methoxy groups -OCH3 is 1. The summed E-state index contributed by atoms with van der Waals surface area (Å²) in [4.78, 5) is 0. The van der Waals surface area contributed by atoms with E-state index in [2.05, 4.69) is 5.32 Å². The van der Waals surface area contributed by atoms with Crippen molar-refractivity contribution in [3.8, 4) is 5.75 Å². The van der Waals surface area contributed by atoms with Crippen LogP contribution in [0.25, 0.3) is 0 Å². The number of benzene rings is 2. The molecule has 0 aliphatic rings. The third-order valence-corrected chi connectivity index (χ3v) is 3.45. The number of hydrogen-bond donors (Lipinski definition) is 1. The summed E-state index contributed by atoms with van der Waals surface area (Å²) in [5.41, 5.74) is 2.31. The summed E-state index contributed by atoms with van der Waals surface area (Å²) in [6.07, 6.45) is 0. The number of hydrogen-bond acceptors (Lipinski definition) is 2. The molecule has 0 aliphatic heterocycles. The zero-order valence-corrected chi connectivity index (χ0v) is 12.4. The van der Waals surface area contributed by atoms with Crippen LogP contribution in [0.3, 0.4) is 0 Å². The van der Waals surface area contributed by atoms with Crippen LogP contribution >= 0.6 is 0 Å². The zero-order valence-electron chi connectivity index (χ0n) is 12.4. The van der Waals surface area contributed by atoms with E-state index in [4.69, 9.17) is 4.74 Å². The van der Waals surface area contributed by atoms with Gasteiger partial charge in [-0.15, -0.1) is 0 Å². The van der Waals surface area contributed by atoms with Crippen molar-refractivity contribution in [1.82, 2.24) is 5.32 Å². The van der Waals surface area contributed by atoms with Crippen LogP contribution in [-0.2, 0) is 0 Å². The molecule has 0 radical (unpaired) electrons. The average Bonchev–Trinajstić information content (AvgIpc) is 2.46. The van der Waals surface area contributed by atoms with Gasteiger partial charge in [-0.05, 0) is 36.7 Å². The van der Waals surface area contributed by atoms with Gasteiger partial charge in [0, 0.05) is 11.6 Å². The minimum atomic E-state index is -0.576. The molecule has 2 rings (SSSR count). The van der Waals surface area contributed by atoms with Crippen LogP contribution in [0.4, 0.5) is 8.78 Å². The minimum absolute atomic E-state index is 0.342. The van der Waals surface area contributed by atoms with E-state index in [0.717, 1.165) is 22.9 Å². The first-order chi connectivity index (χ1) is 10.1. The third-order valence-electron chi connectivity index (χ3n) is 3.45. The lowest BCUT2D eigenvalue weighted by molar-refractivity contribution is 0.410. The highest BCUT2D eigenvalue weighted by atomic mass is 19.1. The second-order valence-electron chi connectivity index (χ2n) is 4.89. The Labute approximate surface area is 123 Å². The van der Waals surface area contributed by atoms with Gasteiger partial charge in [0.1, 0.15) is 17.4 Å². The van der Waals surface area contributed by atoms with Crippen molar-refractivity contribution in [2.45, 2.75) is 19.9 Å². The molecule has 0 saturated heterocycles. The maximum Gasteiger partial charge on any atom is 0.131 e. The number of nitrogens with one attached hydrogen (secondary N) is 1. The first-order valence-electron chi connectivity index (χ1n) is 6.89. The van der Waals surface area contributed by atoms with Crippen molar-refractivity contribution < 1.29 is 13.5 Å². The first-order valence-corrected chi connectivity index (χ1v) is 6.89. The number of aryl methyl sites for hydroxylation is 1. The van der Waals surface area contributed by atoms with Gasteiger partial charge < -0.3 is 10.1 Å². The largest absolute Gasteiger partial charge is 0.496 e. The fraction of sp³-hybridized carbons (Fsp3) is 0.294. The Morgan fingerprint density at radius 3 is 2.52 bits per heavy atom. The van der Waals surface area contributed by atoms with Gasteiger partial charge in [0.25, 0.3) is 0 Å². The van der Waals surface area contributed by atoms with E-state index in [1.54, 1.807) is 7.11 Å². The van der Waals surface area contributed by atoms with E-state index in [1.165, 1.54) is 12.1 Å². The van der Waals surface area contributed by atoms with Crippen LogP contribution < -0.4 is 10.1 Å². The SMILES string of the molecule is CCNC(c1ccc(C)c(OC)c1)c1ccc(F)cc1F. The zero-order chi connectivity index (χ0) is 15.4. The van der Waals surface area contributed by atoms with Crippen LogP contribution in [0, 0.1) is 18.6 Å². The lowest BCUT2D eigenvalue weighted by Crippen LogP contribution is -2.23. The molecule has 2 aromatic rings. The Morgan fingerprint density at radius 2 is 1.90 bits per heavy atom. The molecular formula is C17H19F2NO. The van der Waals surface area contributed by atoms with Crippen LogP contribution in [0.2, 0.25) is 0 Å². The number of ether oxygens (including phenoxy) is 1. The Kier molecular flexibility index (Phi) is 4.91. The summed E-state index contributed by atoms with van der Waals surface area (Å²) in [7, 11) is 1.60. The topological polar surface area (TPSA) is 21.3 Å². The quantitative estimate of drug-likeness (QED) is 0.899. The van der Waals surface area contributed by atoms with Gasteiger partial charge in [-0.1, -0.05) is 25.1 Å². The maximum atomic E-state index is 14.1. The number of rotatable bonds is 5. The van der Waals surface area contributed by atoms with Crippen LogP contribution in [0.15, 0.2) is 36.4 Å². The monoisotopic (exact) mass is 291 g/mol. The van der Waals surface area contributed by atoms with E-state index in [1.807, 2.05) is 32.0 Å². The Balaban J connectivity index is 2.47. The molecule has 21 heavy (non-hydrogen) atoms. The second-order valence-corrected chi connectivity index (χ2v) is 4.89. The fourth-order valence-corrected chi connectivity index (χ4v) is 2.36. The summed E-state index contributed by atoms with van der Waals surface area (Å²) in [5, 5.41) is 3.23. The molecule has 0 saturated carbocycles. The smallest absolute Gasteiger partial charge is 0.131 e. The van der Waals surface area contributed by atoms with E-state index >= 15 is 0 Å². The van der Waals surface area contributed by atoms with Gasteiger partial charge in [0.2, 0.25) is 0 Å². The fourth-order valence-electron chi connectivity index (χ4n) is 2.36. The Hall–Kier alpha value is -1.94. The van der Waals surface area contributed by atoms with E-state index in [0.29, 0.717) is 12.1 Å². The predicted octanol–water partition coefficient (Wildman–Crippen LogP) is 3.98. The highest BCUT2D eigenvalue weighted by molar-refractivity contribution is 5.41. The second kappa shape index (κ2) is 6.68. The summed E-state index contributed by atoms with van der Waals surface area (Å²) in [6, 6.07) is 9.05. The summed E-state index contributed by atoms with van der Waals surface area (Å²) in [5.74, 6) is -0.383. The Bertz CT molecular complexity index is 628. The summed E-state index contributed by atoms with van der Waals surface area (Å²) in [6.45, 7) is 4.56. The van der Waals surface area contributed by atoms with Crippen molar-refractivity contribution in [2.24, 2.45) is 0 Å². The van der Waals surface area contributed by atoms with Crippen molar-refractivity contribution >= 4 is 0 Å². The van der Waals surface area contributed by atoms with Gasteiger partial charge in [-0.25, -0.2) is 8.78 Å². The van der Waals surface area contributed by atoms with E-state index < -0.39 is 11.6 Å². The molecule has 4 heteroatoms. The Morgan fingerprint density at radius 1 is 1.14 bits per heavy atom. The third kappa shape index (κ3) is 3.39. The summed E-state index contributed by atoms with van der Waals surface area (Å²) < 4.78 is 32.5. The van der Waals surface area contributed by atoms with Crippen molar-refractivity contribution in [2.75, 3.05) is 13.7 Å². The lowest BCUT2D eigenvalue weighted by atomic mass is 9.96. The molecule has 2 nitrogen and oxygen atoms in total. The highest BCUT2D eigenvalue weighted by Gasteiger charge is 2.18. The van der Waals surface area contributed by atoms with Crippen molar-refractivity contribution in [3.63, 3.8) is 0 Å². The van der Waals surface area contributed by atoms with Gasteiger partial charge in [0.05, 0.1) is 13.2 Å². The molecule has 0 heterocycles. The van der Waals surface area contributed by atoms with Crippen LogP contribution in [0.5, 0.6) is 5.75 Å². The molecule has 1 atom stereocenters. The molecule has 2 aromatic carbocycles. The minimum Gasteiger partial charge on any atom is -0.496 e. The molecule has 0 spiro atoms. The molecule has 112 valence electrons.